The summed E-state index contributed by atoms with van der Waals surface area (Å²) in [6.45, 7) is 2.39. The monoisotopic (exact) mass is 424 g/mol. The molecule has 1 aliphatic heterocycles. The molecule has 2 aromatic carbocycles. The number of carbonyl (C=O) groups excluding carboxylic acids is 2. The van der Waals surface area contributed by atoms with Crippen molar-refractivity contribution in [2.75, 3.05) is 16.8 Å². The number of carbonyl (C=O) groups is 2. The van der Waals surface area contributed by atoms with Gasteiger partial charge in [0.15, 0.2) is 0 Å². The predicted octanol–water partition coefficient (Wildman–Crippen LogP) is 4.02. The summed E-state index contributed by atoms with van der Waals surface area (Å²) in [5.74, 6) is -0.978. The lowest BCUT2D eigenvalue weighted by Crippen LogP contribution is -2.28. The number of benzene rings is 2. The smallest absolute Gasteiger partial charge is 0.231 e. The van der Waals surface area contributed by atoms with Crippen molar-refractivity contribution < 1.29 is 14.0 Å². The van der Waals surface area contributed by atoms with Crippen LogP contribution in [0.3, 0.4) is 0 Å². The molecule has 1 aliphatic rings. The zero-order valence-corrected chi connectivity index (χ0v) is 17.2. The van der Waals surface area contributed by atoms with E-state index in [4.69, 9.17) is 0 Å². The first kappa shape index (κ1) is 20.2. The molecule has 0 unspecified atom stereocenters. The van der Waals surface area contributed by atoms with Crippen molar-refractivity contribution in [3.8, 4) is 0 Å². The Labute approximate surface area is 177 Å². The van der Waals surface area contributed by atoms with Crippen molar-refractivity contribution in [3.05, 3.63) is 71.0 Å². The van der Waals surface area contributed by atoms with Crippen molar-refractivity contribution in [3.63, 3.8) is 0 Å². The maximum Gasteiger partial charge on any atom is 0.231 e. The molecule has 4 rings (SSSR count). The van der Waals surface area contributed by atoms with E-state index in [0.29, 0.717) is 16.7 Å². The first-order chi connectivity index (χ1) is 14.5. The van der Waals surface area contributed by atoms with Crippen LogP contribution in [0.2, 0.25) is 0 Å². The minimum absolute atomic E-state index is 0.111. The standard InChI is InChI=1S/C22H21FN4O2S/c1-14(15-5-3-2-4-6-15)11-19-25-26-22(30-19)24-21(29)16-12-20(28)27(13-16)18-9-7-17(23)8-10-18/h2-10,14,16H,11-13H2,1H3,(H,24,26,29)/t14-,16+/m0/s1. The highest BCUT2D eigenvalue weighted by Gasteiger charge is 2.35. The highest BCUT2D eigenvalue weighted by Crippen LogP contribution is 2.28. The Morgan fingerprint density at radius 1 is 1.20 bits per heavy atom. The lowest BCUT2D eigenvalue weighted by Gasteiger charge is -2.16. The Balaban J connectivity index is 1.35. The van der Waals surface area contributed by atoms with E-state index in [1.807, 2.05) is 18.2 Å². The fourth-order valence-corrected chi connectivity index (χ4v) is 4.38. The molecular weight excluding hydrogens is 403 g/mol. The summed E-state index contributed by atoms with van der Waals surface area (Å²) in [6, 6.07) is 15.9. The topological polar surface area (TPSA) is 75.2 Å². The minimum atomic E-state index is -0.488. The van der Waals surface area contributed by atoms with E-state index in [9.17, 15) is 14.0 Å². The van der Waals surface area contributed by atoms with E-state index in [0.717, 1.165) is 11.4 Å². The van der Waals surface area contributed by atoms with E-state index >= 15 is 0 Å². The molecule has 0 aliphatic carbocycles. The van der Waals surface area contributed by atoms with Crippen LogP contribution in [-0.2, 0) is 16.0 Å². The van der Waals surface area contributed by atoms with Gasteiger partial charge in [-0.25, -0.2) is 4.39 Å². The maximum absolute atomic E-state index is 13.1. The first-order valence-corrected chi connectivity index (χ1v) is 10.6. The highest BCUT2D eigenvalue weighted by molar-refractivity contribution is 7.15. The van der Waals surface area contributed by atoms with Crippen molar-refractivity contribution >= 4 is 34.0 Å². The minimum Gasteiger partial charge on any atom is -0.312 e. The fraction of sp³-hybridized carbons (Fsp3) is 0.273. The third kappa shape index (κ3) is 4.54. The molecule has 8 heteroatoms. The van der Waals surface area contributed by atoms with E-state index in [1.54, 1.807) is 12.1 Å². The van der Waals surface area contributed by atoms with Gasteiger partial charge in [0.2, 0.25) is 16.9 Å². The lowest BCUT2D eigenvalue weighted by atomic mass is 9.98. The van der Waals surface area contributed by atoms with Gasteiger partial charge in [-0.1, -0.05) is 48.6 Å². The first-order valence-electron chi connectivity index (χ1n) is 9.73. The number of rotatable bonds is 6. The summed E-state index contributed by atoms with van der Waals surface area (Å²) >= 11 is 1.35. The summed E-state index contributed by atoms with van der Waals surface area (Å²) in [6.07, 6.45) is 0.845. The number of hydrogen-bond acceptors (Lipinski definition) is 5. The molecule has 0 spiro atoms. The summed E-state index contributed by atoms with van der Waals surface area (Å²) in [7, 11) is 0. The molecule has 0 bridgehead atoms. The van der Waals surface area contributed by atoms with E-state index in [-0.39, 0.29) is 30.6 Å². The van der Waals surface area contributed by atoms with Gasteiger partial charge >= 0.3 is 0 Å². The molecule has 1 saturated heterocycles. The number of amides is 2. The maximum atomic E-state index is 13.1. The van der Waals surface area contributed by atoms with Crippen LogP contribution in [0.4, 0.5) is 15.2 Å². The van der Waals surface area contributed by atoms with Crippen LogP contribution in [0.5, 0.6) is 0 Å². The molecule has 154 valence electrons. The molecule has 0 saturated carbocycles. The van der Waals surface area contributed by atoms with Crippen molar-refractivity contribution in [1.29, 1.82) is 0 Å². The molecule has 3 aromatic rings. The molecule has 2 atom stereocenters. The van der Waals surface area contributed by atoms with Gasteiger partial charge in [-0.3, -0.25) is 9.59 Å². The van der Waals surface area contributed by atoms with Crippen LogP contribution in [0.15, 0.2) is 54.6 Å². The van der Waals surface area contributed by atoms with Gasteiger partial charge < -0.3 is 10.2 Å². The highest BCUT2D eigenvalue weighted by atomic mass is 32.1. The Bertz CT molecular complexity index is 1040. The average molecular weight is 425 g/mol. The number of hydrogen-bond donors (Lipinski definition) is 1. The molecule has 1 N–H and O–H groups in total. The summed E-state index contributed by atoms with van der Waals surface area (Å²) in [4.78, 5) is 26.5. The molecular formula is C22H21FN4O2S. The quantitative estimate of drug-likeness (QED) is 0.649. The molecule has 1 fully saturated rings. The Hall–Kier alpha value is -3.13. The van der Waals surface area contributed by atoms with Crippen LogP contribution >= 0.6 is 11.3 Å². The number of nitrogens with zero attached hydrogens (tertiary/aromatic N) is 3. The number of aromatic nitrogens is 2. The van der Waals surface area contributed by atoms with Gasteiger partial charge in [0.1, 0.15) is 10.8 Å². The molecule has 30 heavy (non-hydrogen) atoms. The van der Waals surface area contributed by atoms with E-state index < -0.39 is 5.92 Å². The van der Waals surface area contributed by atoms with Gasteiger partial charge in [-0.05, 0) is 35.7 Å². The zero-order valence-electron chi connectivity index (χ0n) is 16.4. The van der Waals surface area contributed by atoms with Gasteiger partial charge in [0.05, 0.1) is 5.92 Å². The SMILES string of the molecule is C[C@@H](Cc1nnc(NC(=O)[C@@H]2CC(=O)N(c3ccc(F)cc3)C2)s1)c1ccccc1. The number of anilines is 2. The second-order valence-electron chi connectivity index (χ2n) is 7.39. The van der Waals surface area contributed by atoms with E-state index in [1.165, 1.54) is 33.9 Å². The van der Waals surface area contributed by atoms with Gasteiger partial charge in [-0.15, -0.1) is 10.2 Å². The largest absolute Gasteiger partial charge is 0.312 e. The normalized spacial score (nSPS) is 17.2. The van der Waals surface area contributed by atoms with Gasteiger partial charge in [-0.2, -0.15) is 0 Å². The van der Waals surface area contributed by atoms with Crippen LogP contribution < -0.4 is 10.2 Å². The molecule has 1 aromatic heterocycles. The predicted molar refractivity (Wildman–Crippen MR) is 114 cm³/mol. The lowest BCUT2D eigenvalue weighted by molar-refractivity contribution is -0.122. The second kappa shape index (κ2) is 8.71. The average Bonchev–Trinajstić information content (AvgIpc) is 3.35. The number of halogens is 1. The van der Waals surface area contributed by atoms with Crippen LogP contribution in [-0.4, -0.2) is 28.6 Å². The van der Waals surface area contributed by atoms with Crippen molar-refractivity contribution in [1.82, 2.24) is 10.2 Å². The van der Waals surface area contributed by atoms with E-state index in [2.05, 4.69) is 34.6 Å². The van der Waals surface area contributed by atoms with Gasteiger partial charge in [0, 0.05) is 25.1 Å². The summed E-state index contributed by atoms with van der Waals surface area (Å²) < 4.78 is 13.1. The summed E-state index contributed by atoms with van der Waals surface area (Å²) in [5, 5.41) is 12.3. The molecule has 2 amide bonds. The summed E-state index contributed by atoms with van der Waals surface area (Å²) in [5.41, 5.74) is 1.81. The fourth-order valence-electron chi connectivity index (χ4n) is 3.51. The van der Waals surface area contributed by atoms with Crippen LogP contribution in [0.25, 0.3) is 0 Å². The zero-order chi connectivity index (χ0) is 21.1. The molecule has 0 radical (unpaired) electrons. The molecule has 6 nitrogen and oxygen atoms in total. The van der Waals surface area contributed by atoms with Gasteiger partial charge in [0.25, 0.3) is 0 Å². The third-order valence-electron chi connectivity index (χ3n) is 5.18. The number of nitrogens with one attached hydrogen (secondary N) is 1. The molecule has 2 heterocycles. The second-order valence-corrected chi connectivity index (χ2v) is 8.45. The Morgan fingerprint density at radius 3 is 2.67 bits per heavy atom. The van der Waals surface area contributed by atoms with Crippen LogP contribution in [0, 0.1) is 11.7 Å². The Morgan fingerprint density at radius 2 is 1.93 bits per heavy atom. The van der Waals surface area contributed by atoms with Crippen molar-refractivity contribution in [2.24, 2.45) is 5.92 Å². The Kier molecular flexibility index (Phi) is 5.85. The van der Waals surface area contributed by atoms with Crippen LogP contribution in [0.1, 0.15) is 29.8 Å². The third-order valence-corrected chi connectivity index (χ3v) is 6.04. The van der Waals surface area contributed by atoms with Crippen molar-refractivity contribution in [2.45, 2.75) is 25.7 Å².